The van der Waals surface area contributed by atoms with Gasteiger partial charge in [0, 0.05) is 44.9 Å². The van der Waals surface area contributed by atoms with E-state index in [1.807, 2.05) is 13.0 Å². The second-order valence-electron chi connectivity index (χ2n) is 7.16. The number of piperazine rings is 1. The van der Waals surface area contributed by atoms with Crippen molar-refractivity contribution in [2.24, 2.45) is 0 Å². The summed E-state index contributed by atoms with van der Waals surface area (Å²) in [4.78, 5) is 5.23. The first kappa shape index (κ1) is 17.7. The first-order valence-electron chi connectivity index (χ1n) is 9.61. The molecule has 3 rings (SSSR count). The summed E-state index contributed by atoms with van der Waals surface area (Å²) >= 11 is 0. The van der Waals surface area contributed by atoms with Crippen molar-refractivity contribution in [2.75, 3.05) is 32.8 Å². The molecule has 2 fully saturated rings. The minimum absolute atomic E-state index is 0.293. The highest BCUT2D eigenvalue weighted by Gasteiger charge is 2.32. The quantitative estimate of drug-likeness (QED) is 0.833. The van der Waals surface area contributed by atoms with Crippen molar-refractivity contribution in [3.05, 3.63) is 29.8 Å². The summed E-state index contributed by atoms with van der Waals surface area (Å²) in [6, 6.07) is 9.72. The van der Waals surface area contributed by atoms with E-state index in [1.54, 1.807) is 0 Å². The van der Waals surface area contributed by atoms with Crippen molar-refractivity contribution in [3.8, 4) is 5.75 Å². The molecule has 4 heteroatoms. The zero-order chi connectivity index (χ0) is 16.8. The molecule has 1 aliphatic heterocycles. The van der Waals surface area contributed by atoms with Crippen molar-refractivity contribution in [1.29, 1.82) is 0 Å². The van der Waals surface area contributed by atoms with Gasteiger partial charge >= 0.3 is 0 Å². The van der Waals surface area contributed by atoms with Gasteiger partial charge in [0.1, 0.15) is 5.75 Å². The fourth-order valence-corrected chi connectivity index (χ4v) is 4.36. The van der Waals surface area contributed by atoms with Crippen molar-refractivity contribution in [1.82, 2.24) is 9.80 Å². The second-order valence-corrected chi connectivity index (χ2v) is 7.16. The molecule has 134 valence electrons. The lowest BCUT2D eigenvalue weighted by Crippen LogP contribution is -2.55. The molecule has 0 amide bonds. The van der Waals surface area contributed by atoms with Crippen LogP contribution in [0.15, 0.2) is 24.3 Å². The predicted octanol–water partition coefficient (Wildman–Crippen LogP) is 2.90. The number of rotatable bonds is 7. The number of aliphatic hydroxyl groups is 1. The molecular formula is C20H32N2O2. The van der Waals surface area contributed by atoms with E-state index in [-0.39, 0.29) is 0 Å². The fraction of sp³-hybridized carbons (Fsp3) is 0.700. The molecule has 0 aromatic heterocycles. The van der Waals surface area contributed by atoms with Gasteiger partial charge in [-0.15, -0.1) is 0 Å². The Bertz CT molecular complexity index is 502. The average molecular weight is 332 g/mol. The van der Waals surface area contributed by atoms with Crippen LogP contribution in [-0.4, -0.2) is 59.8 Å². The predicted molar refractivity (Wildman–Crippen MR) is 97.3 cm³/mol. The minimum Gasteiger partial charge on any atom is -0.494 e. The van der Waals surface area contributed by atoms with Crippen molar-refractivity contribution in [2.45, 2.75) is 57.7 Å². The van der Waals surface area contributed by atoms with Crippen LogP contribution < -0.4 is 4.74 Å². The maximum atomic E-state index is 9.49. The Balaban J connectivity index is 1.60. The normalized spacial score (nSPS) is 23.7. The summed E-state index contributed by atoms with van der Waals surface area (Å²) in [6.45, 7) is 7.33. The Labute approximate surface area is 146 Å². The molecule has 0 bridgehead atoms. The van der Waals surface area contributed by atoms with E-state index in [0.29, 0.717) is 19.3 Å². The third kappa shape index (κ3) is 4.50. The second kappa shape index (κ2) is 8.84. The third-order valence-electron chi connectivity index (χ3n) is 5.48. The molecule has 24 heavy (non-hydrogen) atoms. The topological polar surface area (TPSA) is 35.9 Å². The number of hydrogen-bond acceptors (Lipinski definition) is 4. The lowest BCUT2D eigenvalue weighted by atomic mass is 10.0. The summed E-state index contributed by atoms with van der Waals surface area (Å²) in [5.74, 6) is 0.964. The zero-order valence-corrected chi connectivity index (χ0v) is 15.0. The Morgan fingerprint density at radius 3 is 2.79 bits per heavy atom. The van der Waals surface area contributed by atoms with Gasteiger partial charge in [0.15, 0.2) is 0 Å². The van der Waals surface area contributed by atoms with Gasteiger partial charge in [0.05, 0.1) is 6.61 Å². The van der Waals surface area contributed by atoms with E-state index in [4.69, 9.17) is 4.74 Å². The molecule has 1 aliphatic carbocycles. The SMILES string of the molecule is CCOc1cccc(CN2CCN(C3CCCC3)C(CCO)C2)c1. The number of aliphatic hydroxyl groups excluding tert-OH is 1. The van der Waals surface area contributed by atoms with Gasteiger partial charge in [-0.1, -0.05) is 25.0 Å². The highest BCUT2D eigenvalue weighted by molar-refractivity contribution is 5.28. The van der Waals surface area contributed by atoms with Crippen molar-refractivity contribution >= 4 is 0 Å². The summed E-state index contributed by atoms with van der Waals surface area (Å²) in [6.07, 6.45) is 6.34. The summed E-state index contributed by atoms with van der Waals surface area (Å²) in [5, 5.41) is 9.49. The Kier molecular flexibility index (Phi) is 6.52. The van der Waals surface area contributed by atoms with E-state index in [9.17, 15) is 5.11 Å². The number of benzene rings is 1. The Morgan fingerprint density at radius 1 is 1.21 bits per heavy atom. The van der Waals surface area contributed by atoms with Crippen LogP contribution in [-0.2, 0) is 6.54 Å². The van der Waals surface area contributed by atoms with Gasteiger partial charge in [-0.05, 0) is 43.9 Å². The number of hydrogen-bond donors (Lipinski definition) is 1. The van der Waals surface area contributed by atoms with Gasteiger partial charge in [-0.2, -0.15) is 0 Å². The van der Waals surface area contributed by atoms with Gasteiger partial charge in [0.2, 0.25) is 0 Å². The van der Waals surface area contributed by atoms with E-state index in [2.05, 4.69) is 28.0 Å². The molecule has 1 saturated heterocycles. The van der Waals surface area contributed by atoms with Crippen LogP contribution in [0.3, 0.4) is 0 Å². The molecule has 1 unspecified atom stereocenters. The molecule has 1 N–H and O–H groups in total. The van der Waals surface area contributed by atoms with Crippen molar-refractivity contribution in [3.63, 3.8) is 0 Å². The van der Waals surface area contributed by atoms with Gasteiger partial charge in [0.25, 0.3) is 0 Å². The molecular weight excluding hydrogens is 300 g/mol. The lowest BCUT2D eigenvalue weighted by Gasteiger charge is -2.44. The summed E-state index contributed by atoms with van der Waals surface area (Å²) in [5.41, 5.74) is 1.32. The molecule has 4 nitrogen and oxygen atoms in total. The molecule has 0 spiro atoms. The van der Waals surface area contributed by atoms with E-state index < -0.39 is 0 Å². The first-order valence-corrected chi connectivity index (χ1v) is 9.61. The molecule has 1 aromatic carbocycles. The van der Waals surface area contributed by atoms with Crippen LogP contribution in [0, 0.1) is 0 Å². The van der Waals surface area contributed by atoms with Crippen LogP contribution >= 0.6 is 0 Å². The van der Waals surface area contributed by atoms with Crippen LogP contribution in [0.5, 0.6) is 5.75 Å². The van der Waals surface area contributed by atoms with E-state index in [1.165, 1.54) is 31.2 Å². The summed E-state index contributed by atoms with van der Waals surface area (Å²) in [7, 11) is 0. The molecule has 1 heterocycles. The third-order valence-corrected chi connectivity index (χ3v) is 5.48. The highest BCUT2D eigenvalue weighted by Crippen LogP contribution is 2.28. The highest BCUT2D eigenvalue weighted by atomic mass is 16.5. The Morgan fingerprint density at radius 2 is 2.04 bits per heavy atom. The molecule has 1 atom stereocenters. The van der Waals surface area contributed by atoms with Gasteiger partial charge in [-0.3, -0.25) is 9.80 Å². The molecule has 1 saturated carbocycles. The van der Waals surface area contributed by atoms with Crippen LogP contribution in [0.2, 0.25) is 0 Å². The lowest BCUT2D eigenvalue weighted by molar-refractivity contribution is 0.0267. The first-order chi connectivity index (χ1) is 11.8. The zero-order valence-electron chi connectivity index (χ0n) is 15.0. The number of nitrogens with zero attached hydrogens (tertiary/aromatic N) is 2. The molecule has 1 aromatic rings. The van der Waals surface area contributed by atoms with Crippen LogP contribution in [0.1, 0.15) is 44.6 Å². The fourth-order valence-electron chi connectivity index (χ4n) is 4.36. The molecule has 2 aliphatic rings. The van der Waals surface area contributed by atoms with E-state index >= 15 is 0 Å². The minimum atomic E-state index is 0.293. The summed E-state index contributed by atoms with van der Waals surface area (Å²) < 4.78 is 5.62. The number of ether oxygens (including phenoxy) is 1. The standard InChI is InChI=1S/C20H32N2O2/c1-2-24-20-9-5-6-17(14-20)15-21-11-12-22(18-7-3-4-8-18)19(16-21)10-13-23/h5-6,9,14,18-19,23H,2-4,7-8,10-13,15-16H2,1H3. The molecule has 0 radical (unpaired) electrons. The van der Waals surface area contributed by atoms with E-state index in [0.717, 1.165) is 44.4 Å². The van der Waals surface area contributed by atoms with Gasteiger partial charge in [-0.25, -0.2) is 0 Å². The van der Waals surface area contributed by atoms with Crippen molar-refractivity contribution < 1.29 is 9.84 Å². The smallest absolute Gasteiger partial charge is 0.119 e. The monoisotopic (exact) mass is 332 g/mol. The van der Waals surface area contributed by atoms with Gasteiger partial charge < -0.3 is 9.84 Å². The largest absolute Gasteiger partial charge is 0.494 e. The van der Waals surface area contributed by atoms with Crippen LogP contribution in [0.25, 0.3) is 0 Å². The maximum Gasteiger partial charge on any atom is 0.119 e. The Hall–Kier alpha value is -1.10. The average Bonchev–Trinajstić information content (AvgIpc) is 3.10. The maximum absolute atomic E-state index is 9.49. The van der Waals surface area contributed by atoms with Crippen LogP contribution in [0.4, 0.5) is 0 Å².